The van der Waals surface area contributed by atoms with Crippen molar-refractivity contribution in [2.24, 2.45) is 0 Å². The molecule has 1 aliphatic heterocycles. The Morgan fingerprint density at radius 1 is 1.50 bits per heavy atom. The van der Waals surface area contributed by atoms with Crippen LogP contribution in [-0.2, 0) is 6.54 Å². The van der Waals surface area contributed by atoms with Crippen LogP contribution in [-0.4, -0.2) is 20.6 Å². The summed E-state index contributed by atoms with van der Waals surface area (Å²) in [7, 11) is 0. The summed E-state index contributed by atoms with van der Waals surface area (Å²) in [4.78, 5) is 15.1. The first-order valence-electron chi connectivity index (χ1n) is 4.74. The molecule has 2 heterocycles. The van der Waals surface area contributed by atoms with Crippen LogP contribution in [0.2, 0.25) is 0 Å². The quantitative estimate of drug-likeness (QED) is 0.744. The zero-order valence-corrected chi connectivity index (χ0v) is 9.73. The number of aromatic nitrogens is 2. The first kappa shape index (κ1) is 9.59. The number of hydrogen-bond acceptors (Lipinski definition) is 2. The molecule has 5 heteroatoms. The second-order valence-electron chi connectivity index (χ2n) is 3.66. The van der Waals surface area contributed by atoms with Gasteiger partial charge in [-0.25, -0.2) is 9.78 Å². The lowest BCUT2D eigenvalue weighted by atomic mass is 10.1. The first-order chi connectivity index (χ1) is 7.66. The lowest BCUT2D eigenvalue weighted by Crippen LogP contribution is -2.06. The third kappa shape index (κ3) is 1.21. The van der Waals surface area contributed by atoms with Crippen molar-refractivity contribution in [3.05, 3.63) is 40.1 Å². The predicted octanol–water partition coefficient (Wildman–Crippen LogP) is 2.37. The number of rotatable bonds is 1. The van der Waals surface area contributed by atoms with Crippen LogP contribution >= 0.6 is 15.9 Å². The zero-order valence-electron chi connectivity index (χ0n) is 8.14. The van der Waals surface area contributed by atoms with Gasteiger partial charge < -0.3 is 9.67 Å². The molecule has 4 nitrogen and oxygen atoms in total. The number of carboxylic acids is 1. The van der Waals surface area contributed by atoms with E-state index in [2.05, 4.69) is 20.9 Å². The molecule has 1 aromatic heterocycles. The summed E-state index contributed by atoms with van der Waals surface area (Å²) < 4.78 is 2.69. The van der Waals surface area contributed by atoms with Gasteiger partial charge in [0.2, 0.25) is 0 Å². The van der Waals surface area contributed by atoms with Crippen LogP contribution in [0.5, 0.6) is 0 Å². The normalized spacial score (nSPS) is 12.3. The van der Waals surface area contributed by atoms with Gasteiger partial charge in [0, 0.05) is 10.0 Å². The molecule has 80 valence electrons. The van der Waals surface area contributed by atoms with Crippen LogP contribution in [0.1, 0.15) is 16.1 Å². The van der Waals surface area contributed by atoms with Crippen LogP contribution in [0.3, 0.4) is 0 Å². The monoisotopic (exact) mass is 278 g/mol. The van der Waals surface area contributed by atoms with Crippen LogP contribution in [0.25, 0.3) is 11.4 Å². The van der Waals surface area contributed by atoms with Gasteiger partial charge in [0.1, 0.15) is 11.5 Å². The Morgan fingerprint density at radius 3 is 3.06 bits per heavy atom. The van der Waals surface area contributed by atoms with E-state index in [1.807, 2.05) is 18.2 Å². The number of fused-ring (bicyclic) bond motifs is 3. The lowest BCUT2D eigenvalue weighted by molar-refractivity contribution is 0.0686. The molecule has 16 heavy (non-hydrogen) atoms. The Morgan fingerprint density at radius 2 is 2.31 bits per heavy atom. The molecule has 3 rings (SSSR count). The molecular formula is C11H7BrN2O2. The highest BCUT2D eigenvalue weighted by Crippen LogP contribution is 2.33. The number of benzene rings is 1. The second-order valence-corrected chi connectivity index (χ2v) is 4.58. The number of halogens is 1. The molecule has 0 atom stereocenters. The first-order valence-corrected chi connectivity index (χ1v) is 5.54. The Balaban J connectivity index is 2.22. The number of carbonyl (C=O) groups is 1. The Hall–Kier alpha value is -1.62. The maximum atomic E-state index is 11.0. The molecular weight excluding hydrogens is 272 g/mol. The van der Waals surface area contributed by atoms with Crippen molar-refractivity contribution < 1.29 is 9.90 Å². The van der Waals surface area contributed by atoms with E-state index in [-0.39, 0.29) is 5.69 Å². The van der Waals surface area contributed by atoms with Gasteiger partial charge in [-0.2, -0.15) is 0 Å². The van der Waals surface area contributed by atoms with E-state index in [4.69, 9.17) is 5.11 Å². The van der Waals surface area contributed by atoms with E-state index in [1.165, 1.54) is 6.20 Å². The molecule has 0 radical (unpaired) electrons. The number of nitrogens with zero attached hydrogens (tertiary/aromatic N) is 2. The van der Waals surface area contributed by atoms with E-state index < -0.39 is 5.97 Å². The maximum absolute atomic E-state index is 11.0. The van der Waals surface area contributed by atoms with Gasteiger partial charge in [-0.3, -0.25) is 0 Å². The fraction of sp³-hybridized carbons (Fsp3) is 0.0909. The average molecular weight is 279 g/mol. The SMILES string of the molecule is O=C(O)c1cnc2n1Cc1ccc(Br)cc1-2. The standard InChI is InChI=1S/C11H7BrN2O2/c12-7-2-1-6-5-14-9(11(15)16)4-13-10(14)8(6)3-7/h1-4H,5H2,(H,15,16). The smallest absolute Gasteiger partial charge is 0.354 e. The molecule has 1 aliphatic rings. The van der Waals surface area contributed by atoms with E-state index in [1.54, 1.807) is 4.57 Å². The van der Waals surface area contributed by atoms with Crippen LogP contribution < -0.4 is 0 Å². The fourth-order valence-electron chi connectivity index (χ4n) is 1.99. The van der Waals surface area contributed by atoms with Crippen molar-refractivity contribution in [3.8, 4) is 11.4 Å². The molecule has 0 spiro atoms. The van der Waals surface area contributed by atoms with E-state index in [9.17, 15) is 4.79 Å². The third-order valence-electron chi connectivity index (χ3n) is 2.72. The molecule has 0 fully saturated rings. The fourth-order valence-corrected chi connectivity index (χ4v) is 2.35. The molecule has 1 aromatic carbocycles. The number of hydrogen-bond donors (Lipinski definition) is 1. The topological polar surface area (TPSA) is 55.1 Å². The Bertz CT molecular complexity index is 604. The molecule has 0 aliphatic carbocycles. The molecule has 2 aromatic rings. The minimum atomic E-state index is -0.939. The highest BCUT2D eigenvalue weighted by Gasteiger charge is 2.24. The number of imidazole rings is 1. The number of aromatic carboxylic acids is 1. The van der Waals surface area contributed by atoms with Gasteiger partial charge in [0.15, 0.2) is 0 Å². The van der Waals surface area contributed by atoms with Crippen molar-refractivity contribution >= 4 is 21.9 Å². The summed E-state index contributed by atoms with van der Waals surface area (Å²) in [6.45, 7) is 0.583. The molecule has 1 N–H and O–H groups in total. The molecule has 0 bridgehead atoms. The summed E-state index contributed by atoms with van der Waals surface area (Å²) in [5.41, 5.74) is 2.35. The van der Waals surface area contributed by atoms with Gasteiger partial charge >= 0.3 is 5.97 Å². The second kappa shape index (κ2) is 3.18. The predicted molar refractivity (Wildman–Crippen MR) is 61.4 cm³/mol. The van der Waals surface area contributed by atoms with Crippen LogP contribution in [0.4, 0.5) is 0 Å². The lowest BCUT2D eigenvalue weighted by Gasteiger charge is -1.98. The van der Waals surface area contributed by atoms with Crippen molar-refractivity contribution in [1.29, 1.82) is 0 Å². The summed E-state index contributed by atoms with van der Waals surface area (Å²) in [6.07, 6.45) is 1.40. The van der Waals surface area contributed by atoms with Crippen LogP contribution in [0.15, 0.2) is 28.9 Å². The molecule has 0 saturated heterocycles. The Labute approximate surface area is 99.7 Å². The highest BCUT2D eigenvalue weighted by molar-refractivity contribution is 9.10. The third-order valence-corrected chi connectivity index (χ3v) is 3.21. The van der Waals surface area contributed by atoms with Crippen LogP contribution in [0, 0.1) is 0 Å². The van der Waals surface area contributed by atoms with E-state index >= 15 is 0 Å². The largest absolute Gasteiger partial charge is 0.477 e. The minimum Gasteiger partial charge on any atom is -0.477 e. The highest BCUT2D eigenvalue weighted by atomic mass is 79.9. The van der Waals surface area contributed by atoms with Crippen molar-refractivity contribution in [3.63, 3.8) is 0 Å². The van der Waals surface area contributed by atoms with Gasteiger partial charge in [-0.1, -0.05) is 22.0 Å². The summed E-state index contributed by atoms with van der Waals surface area (Å²) in [6, 6.07) is 5.90. The summed E-state index contributed by atoms with van der Waals surface area (Å²) in [5.74, 6) is -0.209. The Kier molecular flexibility index (Phi) is 1.91. The van der Waals surface area contributed by atoms with Crippen molar-refractivity contribution in [2.45, 2.75) is 6.54 Å². The minimum absolute atomic E-state index is 0.238. The average Bonchev–Trinajstić information content (AvgIpc) is 2.76. The molecule has 0 unspecified atom stereocenters. The van der Waals surface area contributed by atoms with Crippen molar-refractivity contribution in [1.82, 2.24) is 9.55 Å². The molecule has 0 amide bonds. The van der Waals surface area contributed by atoms with Gasteiger partial charge in [-0.05, 0) is 17.7 Å². The zero-order chi connectivity index (χ0) is 11.3. The maximum Gasteiger partial charge on any atom is 0.354 e. The van der Waals surface area contributed by atoms with E-state index in [0.717, 1.165) is 21.4 Å². The number of carboxylic acid groups (broad SMARTS) is 1. The molecule has 0 saturated carbocycles. The van der Waals surface area contributed by atoms with Gasteiger partial charge in [0.25, 0.3) is 0 Å². The van der Waals surface area contributed by atoms with E-state index in [0.29, 0.717) is 6.54 Å². The van der Waals surface area contributed by atoms with Crippen molar-refractivity contribution in [2.75, 3.05) is 0 Å². The summed E-state index contributed by atoms with van der Waals surface area (Å²) in [5, 5.41) is 9.00. The summed E-state index contributed by atoms with van der Waals surface area (Å²) >= 11 is 3.40. The van der Waals surface area contributed by atoms with Gasteiger partial charge in [0.05, 0.1) is 12.7 Å². The van der Waals surface area contributed by atoms with Gasteiger partial charge in [-0.15, -0.1) is 0 Å².